The lowest BCUT2D eigenvalue weighted by Crippen LogP contribution is -2.51. The number of pyridine rings is 1. The molecular weight excluding hydrogens is 436 g/mol. The molecule has 1 aromatic heterocycles. The number of nitrogens with zero attached hydrogens (tertiary/aromatic N) is 3. The van der Waals surface area contributed by atoms with Crippen LogP contribution in [0.3, 0.4) is 0 Å². The Morgan fingerprint density at radius 3 is 2.28 bits per heavy atom. The number of halogens is 6. The van der Waals surface area contributed by atoms with Crippen LogP contribution in [0.15, 0.2) is 36.4 Å². The monoisotopic (exact) mass is 457 g/mol. The lowest BCUT2D eigenvalue weighted by Gasteiger charge is -2.37. The minimum absolute atomic E-state index is 0.00703. The second-order valence-electron chi connectivity index (χ2n) is 8.41. The number of anilines is 2. The van der Waals surface area contributed by atoms with E-state index in [0.29, 0.717) is 31.0 Å². The number of piperidine rings is 1. The fraction of sp³-hybridized carbons (Fsp3) is 0.455. The van der Waals surface area contributed by atoms with Crippen LogP contribution in [0.5, 0.6) is 0 Å². The van der Waals surface area contributed by atoms with Gasteiger partial charge in [0.2, 0.25) is 5.91 Å². The molecule has 2 fully saturated rings. The summed E-state index contributed by atoms with van der Waals surface area (Å²) in [7, 11) is 1.55. The third-order valence-electron chi connectivity index (χ3n) is 6.28. The number of benzene rings is 1. The van der Waals surface area contributed by atoms with Crippen LogP contribution in [-0.4, -0.2) is 30.0 Å². The smallest absolute Gasteiger partial charge is 0.341 e. The molecule has 1 saturated heterocycles. The molecule has 4 rings (SSSR count). The zero-order chi connectivity index (χ0) is 23.4. The quantitative estimate of drug-likeness (QED) is 0.576. The minimum atomic E-state index is -5.05. The number of amides is 1. The molecule has 172 valence electrons. The van der Waals surface area contributed by atoms with Crippen molar-refractivity contribution in [2.45, 2.75) is 50.6 Å². The van der Waals surface area contributed by atoms with Gasteiger partial charge in [0.1, 0.15) is 17.6 Å². The van der Waals surface area contributed by atoms with Crippen molar-refractivity contribution in [1.82, 2.24) is 4.98 Å². The third-order valence-corrected chi connectivity index (χ3v) is 6.28. The Labute approximate surface area is 180 Å². The molecule has 1 amide bonds. The Bertz CT molecular complexity index is 986. The topological polar surface area (TPSA) is 36.4 Å². The fourth-order valence-electron chi connectivity index (χ4n) is 4.69. The molecule has 2 aliphatic rings. The SMILES string of the molecule is Cc1ccc(N(C)C(=O)[C@@H]2[C@H]3CC[C@H](C3)N2c2cc(C(F)(F)F)cc(C(F)(F)F)n2)cc1. The summed E-state index contributed by atoms with van der Waals surface area (Å²) in [4.78, 5) is 19.7. The number of fused-ring (bicyclic) bond motifs is 2. The number of aryl methyl sites for hydroxylation is 1. The van der Waals surface area contributed by atoms with E-state index in [0.717, 1.165) is 5.56 Å². The Hall–Kier alpha value is -2.78. The van der Waals surface area contributed by atoms with Crippen molar-refractivity contribution in [3.63, 3.8) is 0 Å². The summed E-state index contributed by atoms with van der Waals surface area (Å²) in [6, 6.07) is 6.54. The van der Waals surface area contributed by atoms with Crippen LogP contribution in [-0.2, 0) is 17.1 Å². The fourth-order valence-corrected chi connectivity index (χ4v) is 4.69. The first-order valence-electron chi connectivity index (χ1n) is 10.2. The average molecular weight is 457 g/mol. The lowest BCUT2D eigenvalue weighted by molar-refractivity contribution is -0.145. The number of alkyl halides is 6. The van der Waals surface area contributed by atoms with Gasteiger partial charge < -0.3 is 9.80 Å². The van der Waals surface area contributed by atoms with Gasteiger partial charge in [-0.3, -0.25) is 4.79 Å². The summed E-state index contributed by atoms with van der Waals surface area (Å²) in [5, 5.41) is 0. The number of rotatable bonds is 3. The summed E-state index contributed by atoms with van der Waals surface area (Å²) < 4.78 is 80.1. The van der Waals surface area contributed by atoms with Crippen LogP contribution in [0.25, 0.3) is 0 Å². The maximum absolute atomic E-state index is 13.4. The Balaban J connectivity index is 1.75. The Kier molecular flexibility index (Phi) is 5.37. The molecule has 32 heavy (non-hydrogen) atoms. The first-order valence-corrected chi connectivity index (χ1v) is 10.2. The van der Waals surface area contributed by atoms with Crippen LogP contribution >= 0.6 is 0 Å². The van der Waals surface area contributed by atoms with Crippen LogP contribution in [0.4, 0.5) is 37.8 Å². The summed E-state index contributed by atoms with van der Waals surface area (Å²) in [6.07, 6.45) is -8.23. The van der Waals surface area contributed by atoms with Gasteiger partial charge in [-0.15, -0.1) is 0 Å². The van der Waals surface area contributed by atoms with E-state index in [1.165, 1.54) is 9.80 Å². The zero-order valence-corrected chi connectivity index (χ0v) is 17.3. The molecule has 3 atom stereocenters. The predicted octanol–water partition coefficient (Wildman–Crippen LogP) is 5.45. The van der Waals surface area contributed by atoms with Gasteiger partial charge in [-0.2, -0.15) is 26.3 Å². The van der Waals surface area contributed by atoms with E-state index in [4.69, 9.17) is 0 Å². The summed E-state index contributed by atoms with van der Waals surface area (Å²) in [5.74, 6) is -1.00. The minimum Gasteiger partial charge on any atom is -0.341 e. The summed E-state index contributed by atoms with van der Waals surface area (Å²) in [5.41, 5.74) is -1.47. The van der Waals surface area contributed by atoms with Crippen LogP contribution < -0.4 is 9.80 Å². The molecule has 1 aliphatic heterocycles. The second kappa shape index (κ2) is 7.67. The normalized spacial score (nSPS) is 23.0. The number of hydrogen-bond donors (Lipinski definition) is 0. The van der Waals surface area contributed by atoms with Gasteiger partial charge in [0.25, 0.3) is 0 Å². The van der Waals surface area contributed by atoms with Crippen molar-refractivity contribution >= 4 is 17.4 Å². The van der Waals surface area contributed by atoms with Gasteiger partial charge in [0.15, 0.2) is 0 Å². The van der Waals surface area contributed by atoms with Gasteiger partial charge in [-0.05, 0) is 56.4 Å². The van der Waals surface area contributed by atoms with E-state index >= 15 is 0 Å². The number of carbonyl (C=O) groups is 1. The molecule has 1 aliphatic carbocycles. The highest BCUT2D eigenvalue weighted by Crippen LogP contribution is 2.46. The van der Waals surface area contributed by atoms with Crippen molar-refractivity contribution in [2.24, 2.45) is 5.92 Å². The number of carbonyl (C=O) groups excluding carboxylic acids is 1. The van der Waals surface area contributed by atoms with Crippen molar-refractivity contribution in [3.8, 4) is 0 Å². The molecule has 4 nitrogen and oxygen atoms in total. The number of hydrogen-bond acceptors (Lipinski definition) is 3. The highest BCUT2D eigenvalue weighted by Gasteiger charge is 2.51. The second-order valence-corrected chi connectivity index (χ2v) is 8.41. The van der Waals surface area contributed by atoms with E-state index in [9.17, 15) is 31.1 Å². The third kappa shape index (κ3) is 4.02. The molecule has 0 spiro atoms. The van der Waals surface area contributed by atoms with Gasteiger partial charge >= 0.3 is 12.4 Å². The predicted molar refractivity (Wildman–Crippen MR) is 106 cm³/mol. The van der Waals surface area contributed by atoms with E-state index in [-0.39, 0.29) is 23.9 Å². The highest BCUT2D eigenvalue weighted by molar-refractivity contribution is 5.99. The average Bonchev–Trinajstić information content (AvgIpc) is 3.33. The van der Waals surface area contributed by atoms with Crippen molar-refractivity contribution in [2.75, 3.05) is 16.8 Å². The molecule has 0 unspecified atom stereocenters. The largest absolute Gasteiger partial charge is 0.433 e. The molecule has 0 N–H and O–H groups in total. The van der Waals surface area contributed by atoms with Crippen molar-refractivity contribution in [3.05, 3.63) is 53.2 Å². The molecule has 2 heterocycles. The first-order chi connectivity index (χ1) is 14.9. The molecular formula is C22H21F6N3O. The van der Waals surface area contributed by atoms with E-state index < -0.39 is 35.5 Å². The molecule has 0 radical (unpaired) electrons. The Morgan fingerprint density at radius 2 is 1.69 bits per heavy atom. The molecule has 10 heteroatoms. The van der Waals surface area contributed by atoms with Crippen molar-refractivity contribution in [1.29, 1.82) is 0 Å². The molecule has 2 bridgehead atoms. The molecule has 1 aromatic carbocycles. The molecule has 2 aromatic rings. The lowest BCUT2D eigenvalue weighted by atomic mass is 9.97. The van der Waals surface area contributed by atoms with E-state index in [1.54, 1.807) is 19.2 Å². The molecule has 1 saturated carbocycles. The standard InChI is InChI=1S/C22H21F6N3O/c1-12-3-6-15(7-4-12)30(2)20(32)19-13-5-8-16(9-13)31(19)18-11-14(21(23,24)25)10-17(29-18)22(26,27)28/h3-4,6-7,10-11,13,16,19H,5,8-9H2,1-2H3/t13-,16+,19-/m0/s1. The van der Waals surface area contributed by atoms with Gasteiger partial charge in [-0.1, -0.05) is 17.7 Å². The summed E-state index contributed by atoms with van der Waals surface area (Å²) in [6.45, 7) is 1.89. The van der Waals surface area contributed by atoms with Gasteiger partial charge in [-0.25, -0.2) is 4.98 Å². The van der Waals surface area contributed by atoms with Crippen molar-refractivity contribution < 1.29 is 31.1 Å². The van der Waals surface area contributed by atoms with E-state index in [2.05, 4.69) is 4.98 Å². The van der Waals surface area contributed by atoms with Gasteiger partial charge in [0.05, 0.1) is 5.56 Å². The van der Waals surface area contributed by atoms with Crippen LogP contribution in [0, 0.1) is 12.8 Å². The van der Waals surface area contributed by atoms with Crippen LogP contribution in [0.1, 0.15) is 36.1 Å². The first kappa shape index (κ1) is 22.4. The Morgan fingerprint density at radius 1 is 1.03 bits per heavy atom. The maximum Gasteiger partial charge on any atom is 0.433 e. The zero-order valence-electron chi connectivity index (χ0n) is 17.3. The number of aromatic nitrogens is 1. The van der Waals surface area contributed by atoms with Gasteiger partial charge in [0, 0.05) is 18.8 Å². The highest BCUT2D eigenvalue weighted by atomic mass is 19.4. The summed E-state index contributed by atoms with van der Waals surface area (Å²) >= 11 is 0. The number of likely N-dealkylation sites (N-methyl/N-ethyl adjacent to an activating group) is 1. The van der Waals surface area contributed by atoms with Crippen LogP contribution in [0.2, 0.25) is 0 Å². The maximum atomic E-state index is 13.4. The van der Waals surface area contributed by atoms with E-state index in [1.807, 2.05) is 19.1 Å².